The van der Waals surface area contributed by atoms with Crippen LogP contribution in [0.4, 0.5) is 4.39 Å². The normalized spacial score (nSPS) is 18.9. The molecule has 1 aliphatic heterocycles. The van der Waals surface area contributed by atoms with Crippen LogP contribution in [0, 0.1) is 5.82 Å². The van der Waals surface area contributed by atoms with Gasteiger partial charge in [-0.1, -0.05) is 40.5 Å². The topological polar surface area (TPSA) is 84.1 Å². The maximum atomic E-state index is 16.0. The number of halogens is 3. The van der Waals surface area contributed by atoms with Crippen molar-refractivity contribution in [3.05, 3.63) is 110 Å². The zero-order chi connectivity index (χ0) is 25.8. The Morgan fingerprint density at radius 3 is 2.42 bits per heavy atom. The van der Waals surface area contributed by atoms with Crippen molar-refractivity contribution in [2.75, 3.05) is 0 Å². The molecule has 1 unspecified atom stereocenters. The van der Waals surface area contributed by atoms with Crippen LogP contribution < -0.4 is 0 Å². The molecule has 2 aromatic heterocycles. The number of benzene rings is 2. The van der Waals surface area contributed by atoms with Crippen LogP contribution in [0.5, 0.6) is 0 Å². The molecule has 5 rings (SSSR count). The average Bonchev–Trinajstić information content (AvgIpc) is 3.37. The number of aromatic nitrogens is 4. The third kappa shape index (κ3) is 3.86. The first-order chi connectivity index (χ1) is 17.0. The third-order valence-electron chi connectivity index (χ3n) is 6.77. The number of hydrogen-bond donors (Lipinski definition) is 1. The van der Waals surface area contributed by atoms with E-state index in [-0.39, 0.29) is 28.9 Å². The van der Waals surface area contributed by atoms with Gasteiger partial charge in [0.1, 0.15) is 17.1 Å². The second-order valence-corrected chi connectivity index (χ2v) is 10.0. The van der Waals surface area contributed by atoms with Crippen molar-refractivity contribution in [2.45, 2.75) is 31.5 Å². The van der Waals surface area contributed by atoms with E-state index in [1.54, 1.807) is 61.5 Å². The molecular formula is C26H22Cl2FN5O2. The van der Waals surface area contributed by atoms with Gasteiger partial charge in [-0.25, -0.2) is 4.39 Å². The fourth-order valence-electron chi connectivity index (χ4n) is 4.72. The second kappa shape index (κ2) is 8.65. The molecule has 0 bridgehead atoms. The molecule has 184 valence electrons. The minimum Gasteiger partial charge on any atom is -0.379 e. The highest BCUT2D eigenvalue weighted by Crippen LogP contribution is 2.47. The van der Waals surface area contributed by atoms with E-state index < -0.39 is 22.9 Å². The number of fused-ring (bicyclic) bond motifs is 1. The minimum atomic E-state index is -1.67. The standard InChI is InChI=1S/C26H22Cl2FN5O2/c1-25(15-4-6-17(27)7-5-15)23-20(24(35)34(25)13-19-9-8-18(28)12-30-19)10-16(11-21(23)29)26(2,36)22-14-33(3)32-31-22/h4-12,14,36H,13H2,1-3H3/t25-,26?/m0/s1. The largest absolute Gasteiger partial charge is 0.379 e. The lowest BCUT2D eigenvalue weighted by Gasteiger charge is -2.36. The number of aliphatic hydroxyl groups is 1. The summed E-state index contributed by atoms with van der Waals surface area (Å²) in [6.07, 6.45) is 3.05. The van der Waals surface area contributed by atoms with Gasteiger partial charge < -0.3 is 10.0 Å². The Hall–Kier alpha value is -3.33. The van der Waals surface area contributed by atoms with Crippen molar-refractivity contribution in [1.29, 1.82) is 0 Å². The number of carbonyl (C=O) groups is 1. The van der Waals surface area contributed by atoms with E-state index >= 15 is 4.39 Å². The molecular weight excluding hydrogens is 504 g/mol. The highest BCUT2D eigenvalue weighted by molar-refractivity contribution is 6.30. The van der Waals surface area contributed by atoms with Crippen LogP contribution in [0.15, 0.2) is 60.9 Å². The summed E-state index contributed by atoms with van der Waals surface area (Å²) in [5.74, 6) is -1.01. The zero-order valence-corrected chi connectivity index (χ0v) is 21.2. The Morgan fingerprint density at radius 2 is 1.81 bits per heavy atom. The zero-order valence-electron chi connectivity index (χ0n) is 19.7. The fourth-order valence-corrected chi connectivity index (χ4v) is 4.96. The molecule has 1 aliphatic rings. The van der Waals surface area contributed by atoms with Crippen LogP contribution >= 0.6 is 23.2 Å². The van der Waals surface area contributed by atoms with E-state index in [1.807, 2.05) is 0 Å². The van der Waals surface area contributed by atoms with Gasteiger partial charge in [0, 0.05) is 29.4 Å². The molecule has 4 aromatic rings. The molecule has 0 aliphatic carbocycles. The van der Waals surface area contributed by atoms with Gasteiger partial charge in [-0.05, 0) is 61.4 Å². The summed E-state index contributed by atoms with van der Waals surface area (Å²) in [7, 11) is 1.67. The first kappa shape index (κ1) is 24.4. The Bertz CT molecular complexity index is 1470. The van der Waals surface area contributed by atoms with Crippen molar-refractivity contribution in [3.8, 4) is 0 Å². The summed E-state index contributed by atoms with van der Waals surface area (Å²) in [5, 5.41) is 20.1. The molecule has 2 aromatic carbocycles. The summed E-state index contributed by atoms with van der Waals surface area (Å²) < 4.78 is 17.5. The maximum Gasteiger partial charge on any atom is 0.255 e. The lowest BCUT2D eigenvalue weighted by Crippen LogP contribution is -2.42. The van der Waals surface area contributed by atoms with Crippen LogP contribution in [0.2, 0.25) is 10.0 Å². The van der Waals surface area contributed by atoms with Gasteiger partial charge in [0.15, 0.2) is 0 Å². The Balaban J connectivity index is 1.68. The molecule has 36 heavy (non-hydrogen) atoms. The van der Waals surface area contributed by atoms with E-state index in [0.29, 0.717) is 21.3 Å². The van der Waals surface area contributed by atoms with E-state index in [9.17, 15) is 9.90 Å². The van der Waals surface area contributed by atoms with E-state index in [0.717, 1.165) is 0 Å². The molecule has 1 N–H and O–H groups in total. The van der Waals surface area contributed by atoms with Crippen LogP contribution in [-0.2, 0) is 24.7 Å². The quantitative estimate of drug-likeness (QED) is 0.403. The summed E-state index contributed by atoms with van der Waals surface area (Å²) in [4.78, 5) is 19.8. The highest BCUT2D eigenvalue weighted by atomic mass is 35.5. The molecule has 0 radical (unpaired) electrons. The average molecular weight is 526 g/mol. The van der Waals surface area contributed by atoms with Crippen molar-refractivity contribution in [1.82, 2.24) is 24.9 Å². The van der Waals surface area contributed by atoms with Crippen molar-refractivity contribution in [2.24, 2.45) is 7.05 Å². The van der Waals surface area contributed by atoms with Gasteiger partial charge in [-0.15, -0.1) is 5.10 Å². The highest BCUT2D eigenvalue weighted by Gasteiger charge is 2.50. The lowest BCUT2D eigenvalue weighted by atomic mass is 9.82. The SMILES string of the molecule is Cn1cc(C(C)(O)c2cc(F)c3c(c2)C(=O)N(Cc2ccc(Cl)cn2)[C@@]3(C)c2ccc(Cl)cc2)nn1. The van der Waals surface area contributed by atoms with Gasteiger partial charge in [-0.2, -0.15) is 0 Å². The molecule has 7 nitrogen and oxygen atoms in total. The Morgan fingerprint density at radius 1 is 1.11 bits per heavy atom. The lowest BCUT2D eigenvalue weighted by molar-refractivity contribution is 0.0624. The first-order valence-corrected chi connectivity index (χ1v) is 11.9. The summed E-state index contributed by atoms with van der Waals surface area (Å²) in [6.45, 7) is 3.39. The minimum absolute atomic E-state index is 0.110. The molecule has 0 saturated carbocycles. The van der Waals surface area contributed by atoms with Crippen molar-refractivity contribution >= 4 is 29.1 Å². The summed E-state index contributed by atoms with van der Waals surface area (Å²) in [6, 6.07) is 13.1. The van der Waals surface area contributed by atoms with Gasteiger partial charge >= 0.3 is 0 Å². The van der Waals surface area contributed by atoms with Gasteiger partial charge in [0.2, 0.25) is 0 Å². The molecule has 0 saturated heterocycles. The molecule has 0 fully saturated rings. The molecule has 1 amide bonds. The van der Waals surface area contributed by atoms with E-state index in [1.165, 1.54) is 29.9 Å². The van der Waals surface area contributed by atoms with E-state index in [4.69, 9.17) is 23.2 Å². The summed E-state index contributed by atoms with van der Waals surface area (Å²) >= 11 is 12.1. The van der Waals surface area contributed by atoms with Gasteiger partial charge in [-0.3, -0.25) is 14.5 Å². The maximum absolute atomic E-state index is 16.0. The second-order valence-electron chi connectivity index (χ2n) is 9.17. The fraction of sp³-hybridized carbons (Fsp3) is 0.231. The first-order valence-electron chi connectivity index (χ1n) is 11.1. The number of pyridine rings is 1. The predicted molar refractivity (Wildman–Crippen MR) is 133 cm³/mol. The van der Waals surface area contributed by atoms with Crippen LogP contribution in [-0.4, -0.2) is 35.9 Å². The smallest absolute Gasteiger partial charge is 0.255 e. The summed E-state index contributed by atoms with van der Waals surface area (Å²) in [5.41, 5.74) is -0.780. The molecule has 3 heterocycles. The van der Waals surface area contributed by atoms with Gasteiger partial charge in [0.05, 0.1) is 29.0 Å². The van der Waals surface area contributed by atoms with Crippen molar-refractivity contribution < 1.29 is 14.3 Å². The number of aryl methyl sites for hydroxylation is 1. The number of nitrogens with zero attached hydrogens (tertiary/aromatic N) is 5. The predicted octanol–water partition coefficient (Wildman–Crippen LogP) is 4.83. The molecule has 10 heteroatoms. The number of rotatable bonds is 5. The monoisotopic (exact) mass is 525 g/mol. The van der Waals surface area contributed by atoms with Gasteiger partial charge in [0.25, 0.3) is 5.91 Å². The van der Waals surface area contributed by atoms with Crippen molar-refractivity contribution in [3.63, 3.8) is 0 Å². The Kier molecular flexibility index (Phi) is 5.86. The van der Waals surface area contributed by atoms with Crippen LogP contribution in [0.3, 0.4) is 0 Å². The number of amides is 1. The number of hydrogen-bond acceptors (Lipinski definition) is 5. The molecule has 2 atom stereocenters. The number of carbonyl (C=O) groups excluding carboxylic acids is 1. The van der Waals surface area contributed by atoms with Crippen LogP contribution in [0.25, 0.3) is 0 Å². The molecule has 0 spiro atoms. The third-order valence-corrected chi connectivity index (χ3v) is 7.25. The van der Waals surface area contributed by atoms with Crippen LogP contribution in [0.1, 0.15) is 52.3 Å². The Labute approximate surface area is 217 Å². The van der Waals surface area contributed by atoms with E-state index in [2.05, 4.69) is 15.3 Å².